The summed E-state index contributed by atoms with van der Waals surface area (Å²) in [4.78, 5) is 35.7. The van der Waals surface area contributed by atoms with Crippen LogP contribution in [0.5, 0.6) is 5.75 Å². The first-order valence-electron chi connectivity index (χ1n) is 8.93. The van der Waals surface area contributed by atoms with E-state index in [9.17, 15) is 18.8 Å². The van der Waals surface area contributed by atoms with Crippen LogP contribution in [0.4, 0.5) is 15.8 Å². The van der Waals surface area contributed by atoms with Gasteiger partial charge >= 0.3 is 0 Å². The van der Waals surface area contributed by atoms with Crippen LogP contribution in [-0.4, -0.2) is 24.2 Å². The van der Waals surface area contributed by atoms with Crippen molar-refractivity contribution in [2.45, 2.75) is 33.6 Å². The van der Waals surface area contributed by atoms with E-state index >= 15 is 0 Å². The quantitative estimate of drug-likeness (QED) is 0.669. The molecule has 0 bridgehead atoms. The predicted octanol–water partition coefficient (Wildman–Crippen LogP) is 4.09. The van der Waals surface area contributed by atoms with Crippen molar-refractivity contribution in [2.24, 2.45) is 0 Å². The van der Waals surface area contributed by atoms with E-state index in [4.69, 9.17) is 4.74 Å². The summed E-state index contributed by atoms with van der Waals surface area (Å²) >= 11 is 0. The van der Waals surface area contributed by atoms with Crippen LogP contribution < -0.4 is 15.4 Å². The number of carbonyl (C=O) groups is 3. The summed E-state index contributed by atoms with van der Waals surface area (Å²) < 4.78 is 19.0. The molecule has 0 unspecified atom stereocenters. The van der Waals surface area contributed by atoms with Crippen molar-refractivity contribution < 1.29 is 23.5 Å². The third-order valence-corrected chi connectivity index (χ3v) is 3.93. The standard InChI is InChI=1S/C21H23FN2O4/c1-4-5-20(26)23-15-8-9-19(17(10-15)14(3)25)28-12-21(27)24-16-7-6-13(2)18(22)11-16/h6-11H,4-5,12H2,1-3H3,(H,23,26)(H,24,27). The van der Waals surface area contributed by atoms with Crippen molar-refractivity contribution in [3.8, 4) is 5.75 Å². The van der Waals surface area contributed by atoms with Crippen molar-refractivity contribution in [2.75, 3.05) is 17.2 Å². The van der Waals surface area contributed by atoms with Crippen molar-refractivity contribution >= 4 is 29.0 Å². The summed E-state index contributed by atoms with van der Waals surface area (Å²) in [5.41, 5.74) is 1.53. The summed E-state index contributed by atoms with van der Waals surface area (Å²) in [7, 11) is 0. The Morgan fingerprint density at radius 1 is 1.00 bits per heavy atom. The fraction of sp³-hybridized carbons (Fsp3) is 0.286. The molecule has 0 aliphatic rings. The number of ether oxygens (including phenoxy) is 1. The summed E-state index contributed by atoms with van der Waals surface area (Å²) in [5, 5.41) is 5.25. The van der Waals surface area contributed by atoms with Crippen LogP contribution in [0.25, 0.3) is 0 Å². The Bertz CT molecular complexity index is 896. The molecular weight excluding hydrogens is 363 g/mol. The molecule has 7 heteroatoms. The zero-order chi connectivity index (χ0) is 20.7. The van der Waals surface area contributed by atoms with Crippen LogP contribution in [0.1, 0.15) is 42.6 Å². The average molecular weight is 386 g/mol. The van der Waals surface area contributed by atoms with E-state index in [1.165, 1.54) is 25.1 Å². The number of hydrogen-bond acceptors (Lipinski definition) is 4. The molecule has 2 aromatic carbocycles. The molecule has 0 aliphatic carbocycles. The van der Waals surface area contributed by atoms with Crippen molar-refractivity contribution in [1.29, 1.82) is 0 Å². The number of benzene rings is 2. The fourth-order valence-electron chi connectivity index (χ4n) is 2.47. The molecule has 2 aromatic rings. The SMILES string of the molecule is CCCC(=O)Nc1ccc(OCC(=O)Nc2ccc(C)c(F)c2)c(C(C)=O)c1. The van der Waals surface area contributed by atoms with Crippen molar-refractivity contribution in [1.82, 2.24) is 0 Å². The highest BCUT2D eigenvalue weighted by molar-refractivity contribution is 5.99. The molecule has 2 amide bonds. The van der Waals surface area contributed by atoms with Crippen LogP contribution in [0, 0.1) is 12.7 Å². The minimum atomic E-state index is -0.488. The summed E-state index contributed by atoms with van der Waals surface area (Å²) in [6.07, 6.45) is 1.10. The zero-order valence-electron chi connectivity index (χ0n) is 16.1. The number of hydrogen-bond donors (Lipinski definition) is 2. The highest BCUT2D eigenvalue weighted by Crippen LogP contribution is 2.24. The molecule has 0 atom stereocenters. The maximum absolute atomic E-state index is 13.5. The molecule has 0 heterocycles. The van der Waals surface area contributed by atoms with Crippen LogP contribution in [0.2, 0.25) is 0 Å². The number of ketones is 1. The lowest BCUT2D eigenvalue weighted by Crippen LogP contribution is -2.21. The monoisotopic (exact) mass is 386 g/mol. The molecule has 0 saturated heterocycles. The third kappa shape index (κ3) is 5.90. The first-order chi connectivity index (χ1) is 13.3. The molecule has 28 heavy (non-hydrogen) atoms. The highest BCUT2D eigenvalue weighted by Gasteiger charge is 2.13. The van der Waals surface area contributed by atoms with E-state index < -0.39 is 11.7 Å². The maximum atomic E-state index is 13.5. The Hall–Kier alpha value is -3.22. The lowest BCUT2D eigenvalue weighted by molar-refractivity contribution is -0.118. The molecule has 0 radical (unpaired) electrons. The van der Waals surface area contributed by atoms with Gasteiger partial charge in [0.1, 0.15) is 11.6 Å². The molecule has 2 rings (SSSR count). The molecule has 0 fully saturated rings. The van der Waals surface area contributed by atoms with Gasteiger partial charge in [-0.25, -0.2) is 4.39 Å². The van der Waals surface area contributed by atoms with Gasteiger partial charge in [-0.15, -0.1) is 0 Å². The Balaban J connectivity index is 2.03. The molecular formula is C21H23FN2O4. The van der Waals surface area contributed by atoms with Gasteiger partial charge in [-0.2, -0.15) is 0 Å². The maximum Gasteiger partial charge on any atom is 0.262 e. The number of carbonyl (C=O) groups excluding carboxylic acids is 3. The molecule has 0 aliphatic heterocycles. The number of anilines is 2. The zero-order valence-corrected chi connectivity index (χ0v) is 16.1. The second-order valence-corrected chi connectivity index (χ2v) is 6.37. The smallest absolute Gasteiger partial charge is 0.262 e. The lowest BCUT2D eigenvalue weighted by Gasteiger charge is -2.12. The van der Waals surface area contributed by atoms with Gasteiger partial charge in [0.05, 0.1) is 5.56 Å². The van der Waals surface area contributed by atoms with Gasteiger partial charge in [0.25, 0.3) is 5.91 Å². The Morgan fingerprint density at radius 3 is 2.29 bits per heavy atom. The normalized spacial score (nSPS) is 10.3. The van der Waals surface area contributed by atoms with Crippen LogP contribution in [0.3, 0.4) is 0 Å². The Kier molecular flexibility index (Phi) is 7.26. The summed E-state index contributed by atoms with van der Waals surface area (Å²) in [5.74, 6) is -1.08. The fourth-order valence-corrected chi connectivity index (χ4v) is 2.47. The Labute approximate surface area is 163 Å². The molecule has 2 N–H and O–H groups in total. The summed E-state index contributed by atoms with van der Waals surface area (Å²) in [6, 6.07) is 9.01. The topological polar surface area (TPSA) is 84.5 Å². The van der Waals surface area contributed by atoms with E-state index in [1.807, 2.05) is 6.92 Å². The van der Waals surface area contributed by atoms with Gasteiger partial charge in [-0.1, -0.05) is 13.0 Å². The van der Waals surface area contributed by atoms with Gasteiger partial charge in [0.2, 0.25) is 5.91 Å². The van der Waals surface area contributed by atoms with Crippen molar-refractivity contribution in [3.63, 3.8) is 0 Å². The van der Waals surface area contributed by atoms with Gasteiger partial charge < -0.3 is 15.4 Å². The van der Waals surface area contributed by atoms with E-state index in [0.29, 0.717) is 29.8 Å². The van der Waals surface area contributed by atoms with E-state index in [0.717, 1.165) is 0 Å². The molecule has 148 valence electrons. The minimum absolute atomic E-state index is 0.143. The Morgan fingerprint density at radius 2 is 1.64 bits per heavy atom. The lowest BCUT2D eigenvalue weighted by atomic mass is 10.1. The molecule has 0 saturated carbocycles. The molecule has 0 spiro atoms. The molecule has 6 nitrogen and oxygen atoms in total. The number of rotatable bonds is 8. The van der Waals surface area contributed by atoms with E-state index in [2.05, 4.69) is 10.6 Å². The van der Waals surface area contributed by atoms with Crippen molar-refractivity contribution in [3.05, 3.63) is 53.3 Å². The highest BCUT2D eigenvalue weighted by atomic mass is 19.1. The third-order valence-electron chi connectivity index (χ3n) is 3.93. The van der Waals surface area contributed by atoms with Gasteiger partial charge in [-0.3, -0.25) is 14.4 Å². The number of amides is 2. The number of halogens is 1. The van der Waals surface area contributed by atoms with Crippen LogP contribution >= 0.6 is 0 Å². The van der Waals surface area contributed by atoms with Gasteiger partial charge in [0, 0.05) is 17.8 Å². The summed E-state index contributed by atoms with van der Waals surface area (Å²) in [6.45, 7) is 4.54. The van der Waals surface area contributed by atoms with Gasteiger partial charge in [-0.05, 0) is 56.2 Å². The largest absolute Gasteiger partial charge is 0.483 e. The first kappa shape index (κ1) is 21.1. The number of nitrogens with one attached hydrogen (secondary N) is 2. The van der Waals surface area contributed by atoms with Gasteiger partial charge in [0.15, 0.2) is 12.4 Å². The van der Waals surface area contributed by atoms with Crippen LogP contribution in [0.15, 0.2) is 36.4 Å². The second kappa shape index (κ2) is 9.64. The number of Topliss-reactive ketones (excluding diaryl/α,β-unsaturated/α-hetero) is 1. The second-order valence-electron chi connectivity index (χ2n) is 6.37. The van der Waals surface area contributed by atoms with E-state index in [1.54, 1.807) is 25.1 Å². The van der Waals surface area contributed by atoms with Crippen LogP contribution in [-0.2, 0) is 9.59 Å². The molecule has 0 aromatic heterocycles. The minimum Gasteiger partial charge on any atom is -0.483 e. The predicted molar refractivity (Wildman–Crippen MR) is 105 cm³/mol. The first-order valence-corrected chi connectivity index (χ1v) is 8.93. The number of aryl methyl sites for hydroxylation is 1. The average Bonchev–Trinajstić information content (AvgIpc) is 2.63. The van der Waals surface area contributed by atoms with E-state index in [-0.39, 0.29) is 29.6 Å².